The molecular weight excluding hydrogens is 404 g/mol. The van der Waals surface area contributed by atoms with Crippen LogP contribution in [0.1, 0.15) is 22.6 Å². The van der Waals surface area contributed by atoms with Crippen molar-refractivity contribution in [3.8, 4) is 11.1 Å². The van der Waals surface area contributed by atoms with E-state index in [1.807, 2.05) is 48.5 Å². The normalized spacial score (nSPS) is 13.2. The van der Waals surface area contributed by atoms with E-state index in [4.69, 9.17) is 4.74 Å². The quantitative estimate of drug-likeness (QED) is 0.612. The number of carboxylic acids is 1. The SMILES string of the molecule is O=C(N[C@H](Cc1cc(F)cc(F)c1)C(=O)O)OCC1c2ccccc2-c2ccccc21. The van der Waals surface area contributed by atoms with Crippen molar-refractivity contribution in [2.75, 3.05) is 6.61 Å². The third-order valence-electron chi connectivity index (χ3n) is 5.30. The fourth-order valence-corrected chi connectivity index (χ4v) is 3.95. The Morgan fingerprint density at radius 2 is 1.48 bits per heavy atom. The standard InChI is InChI=1S/C24H19F2NO4/c25-15-9-14(10-16(26)12-15)11-22(23(28)29)27-24(30)31-13-21-19-7-3-1-5-17(19)18-6-2-4-8-20(18)21/h1-10,12,21-22H,11,13H2,(H,27,30)(H,28,29)/t22-/m1/s1. The number of ether oxygens (including phenoxy) is 1. The number of carbonyl (C=O) groups excluding carboxylic acids is 1. The highest BCUT2D eigenvalue weighted by Gasteiger charge is 2.29. The molecule has 0 spiro atoms. The van der Waals surface area contributed by atoms with Crippen LogP contribution in [0.15, 0.2) is 66.7 Å². The third kappa shape index (κ3) is 4.40. The van der Waals surface area contributed by atoms with Gasteiger partial charge in [-0.25, -0.2) is 18.4 Å². The summed E-state index contributed by atoms with van der Waals surface area (Å²) in [6.45, 7) is 0.0286. The summed E-state index contributed by atoms with van der Waals surface area (Å²) in [5.41, 5.74) is 4.32. The molecule has 5 nitrogen and oxygen atoms in total. The number of halogens is 2. The van der Waals surface area contributed by atoms with Gasteiger partial charge in [0.25, 0.3) is 0 Å². The van der Waals surface area contributed by atoms with Crippen LogP contribution in [0.4, 0.5) is 13.6 Å². The van der Waals surface area contributed by atoms with Crippen molar-refractivity contribution < 1.29 is 28.2 Å². The van der Waals surface area contributed by atoms with E-state index in [9.17, 15) is 23.5 Å². The van der Waals surface area contributed by atoms with E-state index >= 15 is 0 Å². The molecule has 0 radical (unpaired) electrons. The molecule has 158 valence electrons. The van der Waals surface area contributed by atoms with Gasteiger partial charge < -0.3 is 15.2 Å². The molecule has 0 unspecified atom stereocenters. The minimum atomic E-state index is -1.39. The molecule has 1 atom stereocenters. The summed E-state index contributed by atoms with van der Waals surface area (Å²) in [5, 5.41) is 11.7. The number of carbonyl (C=O) groups is 2. The van der Waals surface area contributed by atoms with Crippen molar-refractivity contribution in [2.24, 2.45) is 0 Å². The van der Waals surface area contributed by atoms with Gasteiger partial charge in [0, 0.05) is 18.4 Å². The summed E-state index contributed by atoms with van der Waals surface area (Å²) in [4.78, 5) is 23.9. The molecule has 7 heteroatoms. The number of rotatable bonds is 6. The van der Waals surface area contributed by atoms with Gasteiger partial charge in [-0.2, -0.15) is 0 Å². The van der Waals surface area contributed by atoms with Gasteiger partial charge in [-0.15, -0.1) is 0 Å². The molecule has 1 amide bonds. The number of aliphatic carboxylic acids is 1. The fraction of sp³-hybridized carbons (Fsp3) is 0.167. The van der Waals surface area contributed by atoms with Crippen molar-refractivity contribution in [3.05, 3.63) is 95.1 Å². The maximum absolute atomic E-state index is 13.4. The molecular formula is C24H19F2NO4. The van der Waals surface area contributed by atoms with Crippen molar-refractivity contribution in [1.29, 1.82) is 0 Å². The van der Waals surface area contributed by atoms with Gasteiger partial charge in [-0.3, -0.25) is 0 Å². The lowest BCUT2D eigenvalue weighted by Crippen LogP contribution is -2.43. The molecule has 31 heavy (non-hydrogen) atoms. The van der Waals surface area contributed by atoms with Crippen molar-refractivity contribution >= 4 is 12.1 Å². The van der Waals surface area contributed by atoms with E-state index < -0.39 is 29.7 Å². The van der Waals surface area contributed by atoms with Crippen LogP contribution in [0.5, 0.6) is 0 Å². The van der Waals surface area contributed by atoms with Crippen LogP contribution in [0.3, 0.4) is 0 Å². The number of hydrogen-bond donors (Lipinski definition) is 2. The number of benzene rings is 3. The lowest BCUT2D eigenvalue weighted by atomic mass is 9.98. The van der Waals surface area contributed by atoms with Gasteiger partial charge >= 0.3 is 12.1 Å². The van der Waals surface area contributed by atoms with Crippen LogP contribution in [0, 0.1) is 11.6 Å². The Kier molecular flexibility index (Phi) is 5.66. The van der Waals surface area contributed by atoms with E-state index in [-0.39, 0.29) is 24.5 Å². The molecule has 0 bridgehead atoms. The van der Waals surface area contributed by atoms with Gasteiger partial charge in [0.05, 0.1) is 0 Å². The summed E-state index contributed by atoms with van der Waals surface area (Å²) < 4.78 is 32.1. The Hall–Kier alpha value is -3.74. The van der Waals surface area contributed by atoms with E-state index in [2.05, 4.69) is 5.32 Å². The molecule has 0 fully saturated rings. The van der Waals surface area contributed by atoms with Crippen LogP contribution >= 0.6 is 0 Å². The summed E-state index contributed by atoms with van der Waals surface area (Å²) in [6, 6.07) is 17.0. The highest BCUT2D eigenvalue weighted by molar-refractivity contribution is 5.81. The molecule has 0 saturated carbocycles. The Bertz CT molecular complexity index is 1080. The first-order valence-corrected chi connectivity index (χ1v) is 9.71. The third-order valence-corrected chi connectivity index (χ3v) is 5.30. The van der Waals surface area contributed by atoms with E-state index in [0.29, 0.717) is 6.07 Å². The summed E-state index contributed by atoms with van der Waals surface area (Å²) in [6.07, 6.45) is -1.19. The number of alkyl carbamates (subject to hydrolysis) is 1. The average Bonchev–Trinajstić information content (AvgIpc) is 3.05. The highest BCUT2D eigenvalue weighted by Crippen LogP contribution is 2.44. The van der Waals surface area contributed by atoms with Crippen LogP contribution in [0.25, 0.3) is 11.1 Å². The molecule has 1 aliphatic carbocycles. The number of nitrogens with one attached hydrogen (secondary N) is 1. The van der Waals surface area contributed by atoms with Gasteiger partial charge in [0.2, 0.25) is 0 Å². The Morgan fingerprint density at radius 3 is 2.03 bits per heavy atom. The molecule has 3 aromatic rings. The minimum absolute atomic E-state index is 0.0286. The van der Waals surface area contributed by atoms with E-state index in [1.165, 1.54) is 0 Å². The van der Waals surface area contributed by atoms with Gasteiger partial charge in [-0.1, -0.05) is 48.5 Å². The Balaban J connectivity index is 1.44. The van der Waals surface area contributed by atoms with Crippen molar-refractivity contribution in [3.63, 3.8) is 0 Å². The number of hydrogen-bond acceptors (Lipinski definition) is 3. The monoisotopic (exact) mass is 423 g/mol. The molecule has 0 aliphatic heterocycles. The first-order chi connectivity index (χ1) is 14.9. The zero-order chi connectivity index (χ0) is 22.0. The average molecular weight is 423 g/mol. The van der Waals surface area contributed by atoms with Gasteiger partial charge in [0.1, 0.15) is 24.3 Å². The van der Waals surface area contributed by atoms with E-state index in [1.54, 1.807) is 0 Å². The molecule has 4 rings (SSSR count). The van der Waals surface area contributed by atoms with Crippen LogP contribution in [-0.4, -0.2) is 29.8 Å². The van der Waals surface area contributed by atoms with E-state index in [0.717, 1.165) is 34.4 Å². The van der Waals surface area contributed by atoms with Gasteiger partial charge in [-0.05, 0) is 39.9 Å². The molecule has 0 aromatic heterocycles. The first kappa shape index (κ1) is 20.5. The lowest BCUT2D eigenvalue weighted by Gasteiger charge is -2.17. The second kappa shape index (κ2) is 8.55. The van der Waals surface area contributed by atoms with Crippen molar-refractivity contribution in [2.45, 2.75) is 18.4 Å². The minimum Gasteiger partial charge on any atom is -0.480 e. The first-order valence-electron chi connectivity index (χ1n) is 9.71. The van der Waals surface area contributed by atoms with Gasteiger partial charge in [0.15, 0.2) is 0 Å². The summed E-state index contributed by atoms with van der Waals surface area (Å²) >= 11 is 0. The summed E-state index contributed by atoms with van der Waals surface area (Å²) in [7, 11) is 0. The fourth-order valence-electron chi connectivity index (χ4n) is 3.95. The molecule has 1 aliphatic rings. The zero-order valence-electron chi connectivity index (χ0n) is 16.3. The second-order valence-electron chi connectivity index (χ2n) is 7.34. The topological polar surface area (TPSA) is 75.6 Å². The number of carboxylic acid groups (broad SMARTS) is 1. The summed E-state index contributed by atoms with van der Waals surface area (Å²) in [5.74, 6) is -3.14. The largest absolute Gasteiger partial charge is 0.480 e. The van der Waals surface area contributed by atoms with Crippen LogP contribution < -0.4 is 5.32 Å². The highest BCUT2D eigenvalue weighted by atomic mass is 19.1. The maximum Gasteiger partial charge on any atom is 0.407 e. The smallest absolute Gasteiger partial charge is 0.407 e. The predicted octanol–water partition coefficient (Wildman–Crippen LogP) is 4.50. The molecule has 0 heterocycles. The van der Waals surface area contributed by atoms with Crippen LogP contribution in [0.2, 0.25) is 0 Å². The maximum atomic E-state index is 13.4. The number of fused-ring (bicyclic) bond motifs is 3. The molecule has 2 N–H and O–H groups in total. The zero-order valence-corrected chi connectivity index (χ0v) is 16.3. The molecule has 0 saturated heterocycles. The predicted molar refractivity (Wildman–Crippen MR) is 110 cm³/mol. The van der Waals surface area contributed by atoms with Crippen LogP contribution in [-0.2, 0) is 16.0 Å². The Morgan fingerprint density at radius 1 is 0.935 bits per heavy atom. The number of amides is 1. The molecule has 3 aromatic carbocycles. The Labute approximate surface area is 177 Å². The lowest BCUT2D eigenvalue weighted by molar-refractivity contribution is -0.139. The second-order valence-corrected chi connectivity index (χ2v) is 7.34. The van der Waals surface area contributed by atoms with Crippen molar-refractivity contribution in [1.82, 2.24) is 5.32 Å².